The highest BCUT2D eigenvalue weighted by Crippen LogP contribution is 2.25. The maximum atomic E-state index is 12.6. The van der Waals surface area contributed by atoms with Gasteiger partial charge in [0.15, 0.2) is 9.90 Å². The van der Waals surface area contributed by atoms with E-state index in [-0.39, 0.29) is 17.3 Å². The topological polar surface area (TPSA) is 100 Å². The highest BCUT2D eigenvalue weighted by atomic mass is 32.2. The van der Waals surface area contributed by atoms with Gasteiger partial charge in [-0.3, -0.25) is 4.98 Å². The smallest absolute Gasteiger partial charge is 0.356 e. The lowest BCUT2D eigenvalue weighted by Crippen LogP contribution is -2.31. The van der Waals surface area contributed by atoms with Crippen LogP contribution in [-0.4, -0.2) is 40.3 Å². The number of aromatic nitrogens is 2. The van der Waals surface area contributed by atoms with Crippen molar-refractivity contribution in [3.63, 3.8) is 0 Å². The highest BCUT2D eigenvalue weighted by Gasteiger charge is 2.30. The minimum atomic E-state index is -3.89. The van der Waals surface area contributed by atoms with Crippen LogP contribution in [0.5, 0.6) is 0 Å². The van der Waals surface area contributed by atoms with Crippen LogP contribution in [0.1, 0.15) is 23.0 Å². The molecule has 0 aromatic carbocycles. The molecule has 0 spiro atoms. The normalized spacial score (nSPS) is 11.7. The highest BCUT2D eigenvalue weighted by molar-refractivity contribution is 7.91. The van der Waals surface area contributed by atoms with Crippen molar-refractivity contribution >= 4 is 27.3 Å². The number of sulfonamides is 1. The quantitative estimate of drug-likeness (QED) is 0.862. The molecule has 2 aromatic rings. The van der Waals surface area contributed by atoms with Gasteiger partial charge >= 0.3 is 5.97 Å². The van der Waals surface area contributed by atoms with E-state index in [1.165, 1.54) is 9.82 Å². The molecule has 0 aliphatic rings. The molecule has 0 atom stereocenters. The summed E-state index contributed by atoms with van der Waals surface area (Å²) in [5.41, 5.74) is 1.56. The van der Waals surface area contributed by atoms with Gasteiger partial charge in [0.2, 0.25) is 0 Å². The maximum absolute atomic E-state index is 12.6. The van der Waals surface area contributed by atoms with Crippen molar-refractivity contribution in [3.8, 4) is 0 Å². The van der Waals surface area contributed by atoms with Gasteiger partial charge in [0.05, 0.1) is 5.51 Å². The summed E-state index contributed by atoms with van der Waals surface area (Å²) in [5, 5.41) is 9.02. The number of carbonyl (C=O) groups is 1. The van der Waals surface area contributed by atoms with Crippen molar-refractivity contribution in [2.45, 2.75) is 17.7 Å². The van der Waals surface area contributed by atoms with Crippen LogP contribution in [0.3, 0.4) is 0 Å². The lowest BCUT2D eigenvalue weighted by atomic mass is 10.3. The standard InChI is InChI=1S/C12H13N3O4S2/c1-2-15(7-9-3-5-13-6-4-9)21(18,19)12-10(11(16)17)14-8-20-12/h3-6,8H,2,7H2,1H3,(H,16,17). The number of carboxylic acid groups (broad SMARTS) is 1. The fraction of sp³-hybridized carbons (Fsp3) is 0.250. The van der Waals surface area contributed by atoms with E-state index in [1.54, 1.807) is 31.5 Å². The minimum Gasteiger partial charge on any atom is -0.476 e. The van der Waals surface area contributed by atoms with Crippen LogP contribution in [0.4, 0.5) is 0 Å². The molecule has 0 saturated carbocycles. The van der Waals surface area contributed by atoms with Crippen molar-refractivity contribution < 1.29 is 18.3 Å². The second-order valence-electron chi connectivity index (χ2n) is 4.08. The summed E-state index contributed by atoms with van der Waals surface area (Å²) in [6, 6.07) is 3.42. The average molecular weight is 327 g/mol. The van der Waals surface area contributed by atoms with Gasteiger partial charge in [-0.05, 0) is 17.7 Å². The minimum absolute atomic E-state index is 0.151. The van der Waals surface area contributed by atoms with Gasteiger partial charge in [-0.2, -0.15) is 4.31 Å². The Hall–Kier alpha value is -1.84. The zero-order chi connectivity index (χ0) is 15.5. The first-order valence-electron chi connectivity index (χ1n) is 6.02. The largest absolute Gasteiger partial charge is 0.476 e. The molecule has 9 heteroatoms. The summed E-state index contributed by atoms with van der Waals surface area (Å²) in [4.78, 5) is 18.5. The Morgan fingerprint density at radius 3 is 2.62 bits per heavy atom. The Morgan fingerprint density at radius 1 is 1.38 bits per heavy atom. The van der Waals surface area contributed by atoms with E-state index in [4.69, 9.17) is 5.11 Å². The second-order valence-corrected chi connectivity index (χ2v) is 7.07. The second kappa shape index (κ2) is 6.29. The monoisotopic (exact) mass is 327 g/mol. The molecule has 112 valence electrons. The number of hydrogen-bond donors (Lipinski definition) is 1. The number of aromatic carboxylic acids is 1. The summed E-state index contributed by atoms with van der Waals surface area (Å²) >= 11 is 0.805. The molecule has 0 radical (unpaired) electrons. The number of carboxylic acids is 1. The van der Waals surface area contributed by atoms with Gasteiger partial charge in [-0.15, -0.1) is 11.3 Å². The maximum Gasteiger partial charge on any atom is 0.356 e. The number of nitrogens with zero attached hydrogens (tertiary/aromatic N) is 3. The van der Waals surface area contributed by atoms with E-state index in [2.05, 4.69) is 9.97 Å². The molecule has 7 nitrogen and oxygen atoms in total. The lowest BCUT2D eigenvalue weighted by Gasteiger charge is -2.19. The van der Waals surface area contributed by atoms with Crippen LogP contribution in [0.2, 0.25) is 0 Å². The first-order valence-corrected chi connectivity index (χ1v) is 8.34. The van der Waals surface area contributed by atoms with Crippen molar-refractivity contribution in [1.29, 1.82) is 0 Å². The van der Waals surface area contributed by atoms with Gasteiger partial charge in [-0.1, -0.05) is 6.92 Å². The molecule has 0 amide bonds. The Balaban J connectivity index is 2.36. The van der Waals surface area contributed by atoms with Crippen LogP contribution in [0, 0.1) is 0 Å². The van der Waals surface area contributed by atoms with Crippen LogP contribution >= 0.6 is 11.3 Å². The van der Waals surface area contributed by atoms with Crippen LogP contribution < -0.4 is 0 Å². The molecule has 2 aromatic heterocycles. The van der Waals surface area contributed by atoms with E-state index in [0.29, 0.717) is 0 Å². The predicted octanol–water partition coefficient (Wildman–Crippen LogP) is 1.45. The molecule has 0 aliphatic heterocycles. The van der Waals surface area contributed by atoms with Gasteiger partial charge in [0, 0.05) is 25.5 Å². The summed E-state index contributed by atoms with van der Waals surface area (Å²) in [6.07, 6.45) is 3.15. The molecule has 21 heavy (non-hydrogen) atoms. The van der Waals surface area contributed by atoms with Gasteiger partial charge in [-0.25, -0.2) is 18.2 Å². The fourth-order valence-electron chi connectivity index (χ4n) is 1.74. The first kappa shape index (κ1) is 15.5. The van der Waals surface area contributed by atoms with E-state index in [0.717, 1.165) is 16.9 Å². The zero-order valence-corrected chi connectivity index (χ0v) is 12.8. The molecule has 0 unspecified atom stereocenters. The van der Waals surface area contributed by atoms with Gasteiger partial charge in [0.1, 0.15) is 0 Å². The summed E-state index contributed by atoms with van der Waals surface area (Å²) in [7, 11) is -3.89. The van der Waals surface area contributed by atoms with Crippen molar-refractivity contribution in [3.05, 3.63) is 41.3 Å². The third-order valence-electron chi connectivity index (χ3n) is 2.77. The van der Waals surface area contributed by atoms with Gasteiger partial charge < -0.3 is 5.11 Å². The molecule has 2 rings (SSSR count). The zero-order valence-electron chi connectivity index (χ0n) is 11.1. The van der Waals surface area contributed by atoms with E-state index in [9.17, 15) is 13.2 Å². The molecule has 0 saturated heterocycles. The Labute approximate surface area is 126 Å². The molecule has 1 N–H and O–H groups in total. The molecule has 2 heterocycles. The van der Waals surface area contributed by atoms with E-state index in [1.807, 2.05) is 0 Å². The molecular formula is C12H13N3O4S2. The summed E-state index contributed by atoms with van der Waals surface area (Å²) in [5.74, 6) is -1.35. The Bertz CT molecular complexity index is 728. The third-order valence-corrected chi connectivity index (χ3v) is 6.04. The fourth-order valence-corrected chi connectivity index (χ4v) is 4.45. The molecule has 0 fully saturated rings. The first-order chi connectivity index (χ1) is 9.96. The summed E-state index contributed by atoms with van der Waals surface area (Å²) < 4.78 is 26.1. The SMILES string of the molecule is CCN(Cc1ccncc1)S(=O)(=O)c1scnc1C(=O)O. The molecule has 0 bridgehead atoms. The van der Waals surface area contributed by atoms with Crippen molar-refractivity contribution in [2.75, 3.05) is 6.54 Å². The number of rotatable bonds is 6. The van der Waals surface area contributed by atoms with Crippen LogP contribution in [0.15, 0.2) is 34.2 Å². The van der Waals surface area contributed by atoms with Crippen molar-refractivity contribution in [1.82, 2.24) is 14.3 Å². The predicted molar refractivity (Wildman–Crippen MR) is 76.6 cm³/mol. The lowest BCUT2D eigenvalue weighted by molar-refractivity contribution is 0.0687. The summed E-state index contributed by atoms with van der Waals surface area (Å²) in [6.45, 7) is 2.07. The van der Waals surface area contributed by atoms with E-state index >= 15 is 0 Å². The van der Waals surface area contributed by atoms with Crippen molar-refractivity contribution in [2.24, 2.45) is 0 Å². The average Bonchev–Trinajstić information content (AvgIpc) is 2.96. The third kappa shape index (κ3) is 3.26. The van der Waals surface area contributed by atoms with E-state index < -0.39 is 21.7 Å². The molecule has 0 aliphatic carbocycles. The van der Waals surface area contributed by atoms with Crippen LogP contribution in [-0.2, 0) is 16.6 Å². The number of thiazole rings is 1. The molecular weight excluding hydrogens is 314 g/mol. The Morgan fingerprint density at radius 2 is 2.05 bits per heavy atom. The number of pyridine rings is 1. The Kier molecular flexibility index (Phi) is 4.66. The van der Waals surface area contributed by atoms with Gasteiger partial charge in [0.25, 0.3) is 10.0 Å². The van der Waals surface area contributed by atoms with Crippen LogP contribution in [0.25, 0.3) is 0 Å². The number of hydrogen-bond acceptors (Lipinski definition) is 6.